The van der Waals surface area contributed by atoms with E-state index in [1.54, 1.807) is 0 Å². The zero-order valence-electron chi connectivity index (χ0n) is 9.12. The minimum atomic E-state index is 0.654. The molecule has 0 spiro atoms. The highest BCUT2D eigenvalue weighted by atomic mass is 16.1. The molecule has 0 aromatic heterocycles. The summed E-state index contributed by atoms with van der Waals surface area (Å²) in [7, 11) is 0. The number of hydrogen-bond donors (Lipinski definition) is 0. The third-order valence-corrected chi connectivity index (χ3v) is 2.39. The smallest absolute Gasteiger partial charge is 0.120 e. The quantitative estimate of drug-likeness (QED) is 0.334. The molecule has 0 saturated carbocycles. The van der Waals surface area contributed by atoms with Crippen LogP contribution in [-0.2, 0) is 4.79 Å². The van der Waals surface area contributed by atoms with E-state index in [1.807, 2.05) is 0 Å². The lowest BCUT2D eigenvalue weighted by atomic mass is 9.95. The van der Waals surface area contributed by atoms with Crippen molar-refractivity contribution in [2.45, 2.75) is 46.5 Å². The fraction of sp³-hybridized carbons (Fsp3) is 0.750. The Bertz CT molecular complexity index is 149. The molecule has 0 rings (SSSR count). The zero-order valence-corrected chi connectivity index (χ0v) is 9.12. The molecule has 0 aliphatic heterocycles. The van der Waals surface area contributed by atoms with Crippen molar-refractivity contribution in [1.29, 1.82) is 0 Å². The predicted molar refractivity (Wildman–Crippen MR) is 57.7 cm³/mol. The van der Waals surface area contributed by atoms with Crippen LogP contribution in [-0.4, -0.2) is 6.29 Å². The van der Waals surface area contributed by atoms with Crippen molar-refractivity contribution >= 4 is 6.29 Å². The molecular formula is C12H22O. The van der Waals surface area contributed by atoms with Gasteiger partial charge in [-0.05, 0) is 24.7 Å². The molecule has 0 aliphatic rings. The van der Waals surface area contributed by atoms with Crippen molar-refractivity contribution in [2.24, 2.45) is 11.8 Å². The van der Waals surface area contributed by atoms with Crippen molar-refractivity contribution in [3.05, 3.63) is 12.2 Å². The third kappa shape index (κ3) is 7.76. The Hall–Kier alpha value is -0.590. The second kappa shape index (κ2) is 8.03. The van der Waals surface area contributed by atoms with Crippen molar-refractivity contribution in [3.8, 4) is 0 Å². The fourth-order valence-electron chi connectivity index (χ4n) is 1.37. The first-order chi connectivity index (χ1) is 6.20. The van der Waals surface area contributed by atoms with Gasteiger partial charge in [0.1, 0.15) is 6.29 Å². The van der Waals surface area contributed by atoms with Crippen LogP contribution in [0.5, 0.6) is 0 Å². The fourth-order valence-corrected chi connectivity index (χ4v) is 1.37. The number of aldehydes is 1. The summed E-state index contributed by atoms with van der Waals surface area (Å²) in [6.07, 6.45) is 9.41. The van der Waals surface area contributed by atoms with Gasteiger partial charge in [0.25, 0.3) is 0 Å². The van der Waals surface area contributed by atoms with Crippen molar-refractivity contribution in [2.75, 3.05) is 0 Å². The summed E-state index contributed by atoms with van der Waals surface area (Å²) in [6, 6.07) is 0. The number of unbranched alkanes of at least 4 members (excludes halogenated alkanes) is 1. The molecule has 0 bridgehead atoms. The maximum absolute atomic E-state index is 10.0. The van der Waals surface area contributed by atoms with Crippen LogP contribution >= 0.6 is 0 Å². The number of carbonyl (C=O) groups is 1. The summed E-state index contributed by atoms with van der Waals surface area (Å²) >= 11 is 0. The Morgan fingerprint density at radius 1 is 1.23 bits per heavy atom. The summed E-state index contributed by atoms with van der Waals surface area (Å²) in [6.45, 7) is 6.76. The Morgan fingerprint density at radius 2 is 1.92 bits per heavy atom. The van der Waals surface area contributed by atoms with Gasteiger partial charge in [-0.15, -0.1) is 0 Å². The summed E-state index contributed by atoms with van der Waals surface area (Å²) in [5.41, 5.74) is 0. The average Bonchev–Trinajstić information content (AvgIpc) is 2.12. The normalized spacial score (nSPS) is 15.9. The van der Waals surface area contributed by atoms with Gasteiger partial charge in [0.05, 0.1) is 0 Å². The molecule has 0 unspecified atom stereocenters. The number of carbonyl (C=O) groups excluding carboxylic acids is 1. The van der Waals surface area contributed by atoms with Gasteiger partial charge in [-0.1, -0.05) is 39.3 Å². The van der Waals surface area contributed by atoms with E-state index in [2.05, 4.69) is 32.9 Å². The highest BCUT2D eigenvalue weighted by Crippen LogP contribution is 2.15. The number of rotatable bonds is 7. The Kier molecular flexibility index (Phi) is 7.66. The van der Waals surface area contributed by atoms with Gasteiger partial charge < -0.3 is 4.79 Å². The summed E-state index contributed by atoms with van der Waals surface area (Å²) in [5.74, 6) is 1.47. The molecule has 0 radical (unpaired) electrons. The maximum atomic E-state index is 10.0. The molecule has 76 valence electrons. The lowest BCUT2D eigenvalue weighted by Gasteiger charge is -2.11. The monoisotopic (exact) mass is 182 g/mol. The van der Waals surface area contributed by atoms with Gasteiger partial charge in [-0.3, -0.25) is 0 Å². The minimum Gasteiger partial charge on any atom is -0.303 e. The minimum absolute atomic E-state index is 0.654. The van der Waals surface area contributed by atoms with Crippen LogP contribution in [0, 0.1) is 11.8 Å². The molecular weight excluding hydrogens is 160 g/mol. The number of hydrogen-bond acceptors (Lipinski definition) is 1. The third-order valence-electron chi connectivity index (χ3n) is 2.39. The Balaban J connectivity index is 3.53. The van der Waals surface area contributed by atoms with Crippen LogP contribution in [0.2, 0.25) is 0 Å². The first kappa shape index (κ1) is 12.4. The van der Waals surface area contributed by atoms with Crippen LogP contribution in [0.4, 0.5) is 0 Å². The molecule has 0 fully saturated rings. The van der Waals surface area contributed by atoms with Gasteiger partial charge in [-0.25, -0.2) is 0 Å². The number of allylic oxidation sites excluding steroid dienone is 2. The van der Waals surface area contributed by atoms with Gasteiger partial charge in [0.15, 0.2) is 0 Å². The summed E-state index contributed by atoms with van der Waals surface area (Å²) in [4.78, 5) is 10.0. The van der Waals surface area contributed by atoms with E-state index < -0.39 is 0 Å². The van der Waals surface area contributed by atoms with Gasteiger partial charge >= 0.3 is 0 Å². The second-order valence-corrected chi connectivity index (χ2v) is 3.90. The van der Waals surface area contributed by atoms with Crippen molar-refractivity contribution in [1.82, 2.24) is 0 Å². The topological polar surface area (TPSA) is 17.1 Å². The lowest BCUT2D eigenvalue weighted by Crippen LogP contribution is -1.99. The van der Waals surface area contributed by atoms with Gasteiger partial charge in [0.2, 0.25) is 0 Å². The first-order valence-electron chi connectivity index (χ1n) is 5.31. The molecule has 1 heteroatoms. The summed E-state index contributed by atoms with van der Waals surface area (Å²) in [5, 5.41) is 0. The van der Waals surface area contributed by atoms with E-state index in [1.165, 1.54) is 12.8 Å². The van der Waals surface area contributed by atoms with Crippen LogP contribution in [0.1, 0.15) is 46.5 Å². The maximum Gasteiger partial charge on any atom is 0.120 e. The van der Waals surface area contributed by atoms with Crippen LogP contribution in [0.15, 0.2) is 12.2 Å². The van der Waals surface area contributed by atoms with Crippen molar-refractivity contribution in [3.63, 3.8) is 0 Å². The standard InChI is InChI=1S/C12H22O/c1-4-11(2)10-12(3)8-6-5-7-9-13/h6,8-9,11-12H,4-5,7,10H2,1-3H3/b8-6+/t11-,12+/m0/s1. The molecule has 0 heterocycles. The van der Waals surface area contributed by atoms with E-state index in [0.717, 1.165) is 18.6 Å². The zero-order chi connectivity index (χ0) is 10.1. The van der Waals surface area contributed by atoms with Crippen LogP contribution < -0.4 is 0 Å². The summed E-state index contributed by atoms with van der Waals surface area (Å²) < 4.78 is 0. The van der Waals surface area contributed by atoms with E-state index in [4.69, 9.17) is 0 Å². The van der Waals surface area contributed by atoms with E-state index >= 15 is 0 Å². The van der Waals surface area contributed by atoms with E-state index in [9.17, 15) is 4.79 Å². The molecule has 13 heavy (non-hydrogen) atoms. The Labute approximate surface area is 82.2 Å². The Morgan fingerprint density at radius 3 is 2.46 bits per heavy atom. The van der Waals surface area contributed by atoms with Crippen LogP contribution in [0.25, 0.3) is 0 Å². The largest absolute Gasteiger partial charge is 0.303 e. The molecule has 0 aliphatic carbocycles. The highest BCUT2D eigenvalue weighted by Gasteiger charge is 2.02. The average molecular weight is 182 g/mol. The first-order valence-corrected chi connectivity index (χ1v) is 5.31. The van der Waals surface area contributed by atoms with E-state index in [-0.39, 0.29) is 0 Å². The van der Waals surface area contributed by atoms with E-state index in [0.29, 0.717) is 12.3 Å². The van der Waals surface area contributed by atoms with Gasteiger partial charge in [-0.2, -0.15) is 0 Å². The molecule has 0 saturated heterocycles. The lowest BCUT2D eigenvalue weighted by molar-refractivity contribution is -0.107. The molecule has 2 atom stereocenters. The van der Waals surface area contributed by atoms with Crippen molar-refractivity contribution < 1.29 is 4.79 Å². The molecule has 0 N–H and O–H groups in total. The molecule has 0 aromatic carbocycles. The van der Waals surface area contributed by atoms with Gasteiger partial charge in [0, 0.05) is 6.42 Å². The predicted octanol–water partition coefficient (Wildman–Crippen LogP) is 3.59. The van der Waals surface area contributed by atoms with Crippen LogP contribution in [0.3, 0.4) is 0 Å². The molecule has 1 nitrogen and oxygen atoms in total. The second-order valence-electron chi connectivity index (χ2n) is 3.90. The molecule has 0 amide bonds. The molecule has 0 aromatic rings. The SMILES string of the molecule is CC[C@H](C)C[C@H](C)/C=C/CCC=O. The highest BCUT2D eigenvalue weighted by molar-refractivity contribution is 5.49.